The van der Waals surface area contributed by atoms with Crippen LogP contribution in [-0.2, 0) is 0 Å². The third-order valence-corrected chi connectivity index (χ3v) is 3.32. The molecule has 0 bridgehead atoms. The molecule has 2 aromatic rings. The Balaban J connectivity index is 1.63. The summed E-state index contributed by atoms with van der Waals surface area (Å²) >= 11 is 0. The predicted molar refractivity (Wildman–Crippen MR) is 97.1 cm³/mol. The highest BCUT2D eigenvalue weighted by Crippen LogP contribution is 2.16. The third kappa shape index (κ3) is 6.47. The first-order chi connectivity index (χ1) is 12.2. The normalized spacial score (nSPS) is 10.3. The van der Waals surface area contributed by atoms with Crippen molar-refractivity contribution in [3.05, 3.63) is 60.3 Å². The SMILES string of the molecule is COc1ccc(/C=C/NC(=O)NCCOc2ccc(OC)cc2)cc1. The van der Waals surface area contributed by atoms with E-state index in [1.165, 1.54) is 0 Å². The number of amides is 2. The molecule has 25 heavy (non-hydrogen) atoms. The van der Waals surface area contributed by atoms with Crippen LogP contribution >= 0.6 is 0 Å². The van der Waals surface area contributed by atoms with Crippen LogP contribution < -0.4 is 24.8 Å². The zero-order valence-corrected chi connectivity index (χ0v) is 14.3. The third-order valence-electron chi connectivity index (χ3n) is 3.32. The fourth-order valence-corrected chi connectivity index (χ4v) is 1.99. The fourth-order valence-electron chi connectivity index (χ4n) is 1.99. The van der Waals surface area contributed by atoms with Gasteiger partial charge in [0.2, 0.25) is 0 Å². The minimum atomic E-state index is -0.289. The van der Waals surface area contributed by atoms with Gasteiger partial charge in [-0.15, -0.1) is 0 Å². The maximum absolute atomic E-state index is 11.7. The molecule has 2 rings (SSSR count). The lowest BCUT2D eigenvalue weighted by Gasteiger charge is -2.08. The van der Waals surface area contributed by atoms with Crippen molar-refractivity contribution in [3.63, 3.8) is 0 Å². The number of rotatable bonds is 8. The predicted octanol–water partition coefficient (Wildman–Crippen LogP) is 3.05. The van der Waals surface area contributed by atoms with Crippen LogP contribution in [0, 0.1) is 0 Å². The Morgan fingerprint density at radius 3 is 2.08 bits per heavy atom. The van der Waals surface area contributed by atoms with Gasteiger partial charge in [-0.3, -0.25) is 0 Å². The van der Waals surface area contributed by atoms with E-state index < -0.39 is 0 Å². The van der Waals surface area contributed by atoms with E-state index in [4.69, 9.17) is 14.2 Å². The molecule has 0 atom stereocenters. The standard InChI is InChI=1S/C19H22N2O4/c1-23-16-5-3-15(4-6-16)11-12-20-19(22)21-13-14-25-18-9-7-17(24-2)8-10-18/h3-12H,13-14H2,1-2H3,(H2,20,21,22)/b12-11+. The molecule has 2 aromatic carbocycles. The van der Waals surface area contributed by atoms with Gasteiger partial charge in [-0.25, -0.2) is 4.79 Å². The number of hydrogen-bond acceptors (Lipinski definition) is 4. The maximum Gasteiger partial charge on any atom is 0.318 e. The van der Waals surface area contributed by atoms with E-state index >= 15 is 0 Å². The van der Waals surface area contributed by atoms with Gasteiger partial charge in [-0.05, 0) is 48.0 Å². The van der Waals surface area contributed by atoms with Crippen molar-refractivity contribution in [2.45, 2.75) is 0 Å². The fraction of sp³-hybridized carbons (Fsp3) is 0.211. The van der Waals surface area contributed by atoms with Gasteiger partial charge in [0, 0.05) is 6.20 Å². The molecule has 0 aliphatic heterocycles. The van der Waals surface area contributed by atoms with E-state index in [9.17, 15) is 4.79 Å². The molecule has 2 N–H and O–H groups in total. The molecule has 6 heteroatoms. The Bertz CT molecular complexity index is 682. The number of carbonyl (C=O) groups excluding carboxylic acids is 1. The van der Waals surface area contributed by atoms with Crippen LogP contribution in [-0.4, -0.2) is 33.4 Å². The van der Waals surface area contributed by atoms with E-state index in [0.29, 0.717) is 13.2 Å². The summed E-state index contributed by atoms with van der Waals surface area (Å²) in [4.78, 5) is 11.7. The Kier molecular flexibility index (Phi) is 7.18. The molecule has 0 saturated heterocycles. The van der Waals surface area contributed by atoms with E-state index in [2.05, 4.69) is 10.6 Å². The molecular formula is C19H22N2O4. The first kappa shape index (κ1) is 18.2. The largest absolute Gasteiger partial charge is 0.497 e. The molecule has 132 valence electrons. The minimum absolute atomic E-state index is 0.289. The highest BCUT2D eigenvalue weighted by molar-refractivity contribution is 5.75. The lowest BCUT2D eigenvalue weighted by Crippen LogP contribution is -2.34. The molecule has 0 radical (unpaired) electrons. The van der Waals surface area contributed by atoms with E-state index in [1.54, 1.807) is 26.5 Å². The monoisotopic (exact) mass is 342 g/mol. The molecule has 0 fully saturated rings. The number of carbonyl (C=O) groups is 1. The average Bonchev–Trinajstić information content (AvgIpc) is 2.66. The van der Waals surface area contributed by atoms with Crippen molar-refractivity contribution in [3.8, 4) is 17.2 Å². The van der Waals surface area contributed by atoms with E-state index in [-0.39, 0.29) is 6.03 Å². The second-order valence-corrected chi connectivity index (χ2v) is 5.03. The van der Waals surface area contributed by atoms with Crippen LogP contribution in [0.3, 0.4) is 0 Å². The lowest BCUT2D eigenvalue weighted by atomic mass is 10.2. The summed E-state index contributed by atoms with van der Waals surface area (Å²) in [6.45, 7) is 0.774. The van der Waals surface area contributed by atoms with Crippen molar-refractivity contribution in [2.75, 3.05) is 27.4 Å². The number of urea groups is 1. The number of benzene rings is 2. The van der Waals surface area contributed by atoms with E-state index in [1.807, 2.05) is 48.5 Å². The highest BCUT2D eigenvalue weighted by atomic mass is 16.5. The first-order valence-corrected chi connectivity index (χ1v) is 7.83. The molecule has 0 unspecified atom stereocenters. The summed E-state index contributed by atoms with van der Waals surface area (Å²) in [6.07, 6.45) is 3.38. The molecule has 0 saturated carbocycles. The van der Waals surface area contributed by atoms with Crippen molar-refractivity contribution in [2.24, 2.45) is 0 Å². The van der Waals surface area contributed by atoms with Crippen LogP contribution in [0.2, 0.25) is 0 Å². The Morgan fingerprint density at radius 2 is 1.48 bits per heavy atom. The molecule has 0 heterocycles. The van der Waals surface area contributed by atoms with Crippen LogP contribution in [0.4, 0.5) is 4.79 Å². The van der Waals surface area contributed by atoms with Gasteiger partial charge < -0.3 is 24.8 Å². The average molecular weight is 342 g/mol. The van der Waals surface area contributed by atoms with Gasteiger partial charge in [0.05, 0.1) is 20.8 Å². The van der Waals surface area contributed by atoms with Gasteiger partial charge in [0.15, 0.2) is 0 Å². The maximum atomic E-state index is 11.7. The molecule has 0 aliphatic rings. The zero-order chi connectivity index (χ0) is 17.9. The Morgan fingerprint density at radius 1 is 0.920 bits per heavy atom. The second-order valence-electron chi connectivity index (χ2n) is 5.03. The summed E-state index contributed by atoms with van der Waals surface area (Å²) in [6, 6.07) is 14.5. The quantitative estimate of drug-likeness (QED) is 0.724. The van der Waals surface area contributed by atoms with Gasteiger partial charge in [0.25, 0.3) is 0 Å². The van der Waals surface area contributed by atoms with Crippen LogP contribution in [0.5, 0.6) is 17.2 Å². The van der Waals surface area contributed by atoms with Crippen molar-refractivity contribution >= 4 is 12.1 Å². The smallest absolute Gasteiger partial charge is 0.318 e. The topological polar surface area (TPSA) is 68.8 Å². The van der Waals surface area contributed by atoms with Crippen LogP contribution in [0.15, 0.2) is 54.7 Å². The van der Waals surface area contributed by atoms with Gasteiger partial charge in [-0.1, -0.05) is 12.1 Å². The summed E-state index contributed by atoms with van der Waals surface area (Å²) in [5.74, 6) is 2.29. The number of methoxy groups -OCH3 is 2. The number of ether oxygens (including phenoxy) is 3. The second kappa shape index (κ2) is 9.87. The Labute approximate surface area is 147 Å². The summed E-state index contributed by atoms with van der Waals surface area (Å²) in [5.41, 5.74) is 0.962. The number of nitrogens with one attached hydrogen (secondary N) is 2. The summed E-state index contributed by atoms with van der Waals surface area (Å²) in [7, 11) is 3.23. The first-order valence-electron chi connectivity index (χ1n) is 7.83. The molecule has 0 aromatic heterocycles. The number of hydrogen-bond donors (Lipinski definition) is 2. The molecule has 2 amide bonds. The van der Waals surface area contributed by atoms with Crippen molar-refractivity contribution in [1.29, 1.82) is 0 Å². The van der Waals surface area contributed by atoms with Crippen molar-refractivity contribution < 1.29 is 19.0 Å². The highest BCUT2D eigenvalue weighted by Gasteiger charge is 1.98. The summed E-state index contributed by atoms with van der Waals surface area (Å²) in [5, 5.41) is 5.35. The van der Waals surface area contributed by atoms with Gasteiger partial charge in [0.1, 0.15) is 23.9 Å². The van der Waals surface area contributed by atoms with Crippen LogP contribution in [0.1, 0.15) is 5.56 Å². The lowest BCUT2D eigenvalue weighted by molar-refractivity contribution is 0.239. The molecule has 0 spiro atoms. The summed E-state index contributed by atoms with van der Waals surface area (Å²) < 4.78 is 15.7. The molecule has 6 nitrogen and oxygen atoms in total. The molecule has 0 aliphatic carbocycles. The van der Waals surface area contributed by atoms with Gasteiger partial charge in [-0.2, -0.15) is 0 Å². The minimum Gasteiger partial charge on any atom is -0.497 e. The van der Waals surface area contributed by atoms with Crippen molar-refractivity contribution in [1.82, 2.24) is 10.6 Å². The van der Waals surface area contributed by atoms with E-state index in [0.717, 1.165) is 22.8 Å². The van der Waals surface area contributed by atoms with Gasteiger partial charge >= 0.3 is 6.03 Å². The zero-order valence-electron chi connectivity index (χ0n) is 14.3. The Hall–Kier alpha value is -3.15. The molecular weight excluding hydrogens is 320 g/mol. The van der Waals surface area contributed by atoms with Crippen LogP contribution in [0.25, 0.3) is 6.08 Å².